The zero-order chi connectivity index (χ0) is 25.8. The molecule has 2 aromatic heterocycles. The largest absolute Gasteiger partial charge is 0.497 e. The quantitative estimate of drug-likeness (QED) is 0.190. The molecule has 5 aromatic rings. The molecule has 1 N–H and O–H groups in total. The first kappa shape index (κ1) is 24.2. The van der Waals surface area contributed by atoms with Gasteiger partial charge in [0.15, 0.2) is 0 Å². The second-order valence-electron chi connectivity index (χ2n) is 8.11. The first-order valence-corrected chi connectivity index (χ1v) is 12.2. The predicted molar refractivity (Wildman–Crippen MR) is 142 cm³/mol. The first-order chi connectivity index (χ1) is 18.0. The highest BCUT2D eigenvalue weighted by Gasteiger charge is 2.18. The van der Waals surface area contributed by atoms with Gasteiger partial charge in [0.2, 0.25) is 5.89 Å². The summed E-state index contributed by atoms with van der Waals surface area (Å²) in [7, 11) is 3.10. The highest BCUT2D eigenvalue weighted by atomic mass is 32.2. The van der Waals surface area contributed by atoms with Crippen LogP contribution in [0, 0.1) is 0 Å². The molecule has 0 atom stereocenters. The Bertz CT molecular complexity index is 1570. The molecule has 3 aromatic carbocycles. The summed E-state index contributed by atoms with van der Waals surface area (Å²) in [4.78, 5) is 12.2. The van der Waals surface area contributed by atoms with Crippen molar-refractivity contribution >= 4 is 34.7 Å². The first-order valence-electron chi connectivity index (χ1n) is 11.4. The van der Waals surface area contributed by atoms with Crippen molar-refractivity contribution in [1.29, 1.82) is 0 Å². The van der Waals surface area contributed by atoms with E-state index in [4.69, 9.17) is 13.9 Å². The van der Waals surface area contributed by atoms with E-state index in [1.165, 1.54) is 0 Å². The average Bonchev–Trinajstić information content (AvgIpc) is 3.53. The summed E-state index contributed by atoms with van der Waals surface area (Å²) in [6, 6.07) is 23.2. The van der Waals surface area contributed by atoms with Gasteiger partial charge in [0.1, 0.15) is 16.4 Å². The second-order valence-corrected chi connectivity index (χ2v) is 9.10. The van der Waals surface area contributed by atoms with Crippen molar-refractivity contribution in [3.8, 4) is 23.0 Å². The molecule has 0 saturated heterocycles. The molecule has 5 rings (SSSR count). The van der Waals surface area contributed by atoms with E-state index >= 15 is 0 Å². The van der Waals surface area contributed by atoms with E-state index in [1.54, 1.807) is 38.5 Å². The van der Waals surface area contributed by atoms with Crippen LogP contribution in [0.2, 0.25) is 0 Å². The van der Waals surface area contributed by atoms with Gasteiger partial charge in [-0.3, -0.25) is 0 Å². The lowest BCUT2D eigenvalue weighted by molar-refractivity contribution is -0.131. The third-order valence-electron chi connectivity index (χ3n) is 5.71. The van der Waals surface area contributed by atoms with Gasteiger partial charge in [-0.2, -0.15) is 0 Å². The number of methoxy groups -OCH3 is 2. The number of carboxylic acids is 1. The number of benzene rings is 3. The van der Waals surface area contributed by atoms with Gasteiger partial charge < -0.3 is 23.6 Å². The number of hydrogen-bond acceptors (Lipinski definition) is 7. The molecule has 186 valence electrons. The van der Waals surface area contributed by atoms with Crippen LogP contribution in [0.1, 0.15) is 11.1 Å². The maximum absolute atomic E-state index is 12.2. The Morgan fingerprint density at radius 2 is 1.70 bits per heavy atom. The summed E-state index contributed by atoms with van der Waals surface area (Å²) in [5, 5.41) is 19.1. The van der Waals surface area contributed by atoms with Crippen molar-refractivity contribution in [2.24, 2.45) is 0 Å². The smallest absolute Gasteiger partial charge is 0.342 e. The van der Waals surface area contributed by atoms with E-state index in [0.717, 1.165) is 33.8 Å². The SMILES string of the molecule is COc1cc(OC)cc(-c2nnc(S/C(=C\c3cn(Cc4ccccc4)c4ccccc34)C(=O)O)o2)c1. The fraction of sp³-hybridized carbons (Fsp3) is 0.107. The molecule has 0 fully saturated rings. The number of thioether (sulfide) groups is 1. The maximum atomic E-state index is 12.2. The van der Waals surface area contributed by atoms with Crippen LogP contribution in [0.25, 0.3) is 28.4 Å². The number of aliphatic carboxylic acids is 1. The van der Waals surface area contributed by atoms with E-state index in [9.17, 15) is 9.90 Å². The minimum absolute atomic E-state index is 0.0565. The van der Waals surface area contributed by atoms with Gasteiger partial charge in [-0.05, 0) is 41.6 Å². The number of ether oxygens (including phenoxy) is 2. The molecule has 0 aliphatic carbocycles. The van der Waals surface area contributed by atoms with E-state index in [2.05, 4.69) is 26.9 Å². The van der Waals surface area contributed by atoms with Crippen molar-refractivity contribution < 1.29 is 23.8 Å². The molecule has 8 nitrogen and oxygen atoms in total. The third kappa shape index (κ3) is 5.36. The van der Waals surface area contributed by atoms with Crippen LogP contribution in [0.15, 0.2) is 93.5 Å². The van der Waals surface area contributed by atoms with Crippen LogP contribution in [-0.4, -0.2) is 40.1 Å². The molecular formula is C28H23N3O5S. The monoisotopic (exact) mass is 513 g/mol. The Balaban J connectivity index is 1.46. The zero-order valence-corrected chi connectivity index (χ0v) is 20.9. The minimum atomic E-state index is -1.09. The lowest BCUT2D eigenvalue weighted by Gasteiger charge is -2.05. The molecule has 9 heteroatoms. The number of aromatic nitrogens is 3. The molecule has 0 radical (unpaired) electrons. The Kier molecular flexibility index (Phi) is 6.96. The number of rotatable bonds is 9. The molecule has 2 heterocycles. The van der Waals surface area contributed by atoms with Crippen LogP contribution in [0.3, 0.4) is 0 Å². The normalized spacial score (nSPS) is 11.6. The van der Waals surface area contributed by atoms with E-state index in [0.29, 0.717) is 23.6 Å². The van der Waals surface area contributed by atoms with Crippen molar-refractivity contribution in [3.63, 3.8) is 0 Å². The van der Waals surface area contributed by atoms with Gasteiger partial charge in [0, 0.05) is 40.8 Å². The second kappa shape index (κ2) is 10.6. The molecule has 0 unspecified atom stereocenters. The fourth-order valence-corrected chi connectivity index (χ4v) is 4.63. The summed E-state index contributed by atoms with van der Waals surface area (Å²) in [5.41, 5.74) is 3.55. The molecule has 0 saturated carbocycles. The Morgan fingerprint density at radius 1 is 1.00 bits per heavy atom. The van der Waals surface area contributed by atoms with Gasteiger partial charge in [-0.25, -0.2) is 4.79 Å². The van der Waals surface area contributed by atoms with Gasteiger partial charge in [-0.15, -0.1) is 10.2 Å². The van der Waals surface area contributed by atoms with Crippen LogP contribution >= 0.6 is 11.8 Å². The highest BCUT2D eigenvalue weighted by Crippen LogP contribution is 2.34. The Morgan fingerprint density at radius 3 is 2.41 bits per heavy atom. The average molecular weight is 514 g/mol. The van der Waals surface area contributed by atoms with E-state index in [1.807, 2.05) is 48.7 Å². The molecule has 0 spiro atoms. The van der Waals surface area contributed by atoms with Crippen LogP contribution in [0.5, 0.6) is 11.5 Å². The van der Waals surface area contributed by atoms with Gasteiger partial charge >= 0.3 is 5.97 Å². The predicted octanol–water partition coefficient (Wildman–Crippen LogP) is 5.97. The zero-order valence-electron chi connectivity index (χ0n) is 20.1. The number of para-hydroxylation sites is 1. The van der Waals surface area contributed by atoms with Gasteiger partial charge in [0.05, 0.1) is 14.2 Å². The lowest BCUT2D eigenvalue weighted by Crippen LogP contribution is -1.97. The standard InChI is InChI=1S/C28H23N3O5S/c1-34-21-12-19(13-22(15-21)35-2)26-29-30-28(36-26)37-25(27(32)33)14-20-17-31(16-18-8-4-3-5-9-18)24-11-7-6-10-23(20)24/h3-15,17H,16H2,1-2H3,(H,32,33)/b25-14-. The number of nitrogens with zero attached hydrogens (tertiary/aromatic N) is 3. The minimum Gasteiger partial charge on any atom is -0.497 e. The summed E-state index contributed by atoms with van der Waals surface area (Å²) in [5.74, 6) is 0.274. The van der Waals surface area contributed by atoms with Crippen LogP contribution < -0.4 is 9.47 Å². The maximum Gasteiger partial charge on any atom is 0.342 e. The van der Waals surface area contributed by atoms with Gasteiger partial charge in [-0.1, -0.05) is 48.5 Å². The highest BCUT2D eigenvalue weighted by molar-refractivity contribution is 8.03. The summed E-state index contributed by atoms with van der Waals surface area (Å²) >= 11 is 0.898. The number of hydrogen-bond donors (Lipinski definition) is 1. The molecule has 0 bridgehead atoms. The number of fused-ring (bicyclic) bond motifs is 1. The number of carboxylic acid groups (broad SMARTS) is 1. The Hall–Kier alpha value is -4.50. The van der Waals surface area contributed by atoms with Crippen molar-refractivity contribution in [3.05, 3.63) is 95.0 Å². The van der Waals surface area contributed by atoms with E-state index in [-0.39, 0.29) is 16.0 Å². The van der Waals surface area contributed by atoms with Crippen molar-refractivity contribution in [1.82, 2.24) is 14.8 Å². The molecule has 0 aliphatic heterocycles. The molecule has 37 heavy (non-hydrogen) atoms. The summed E-state index contributed by atoms with van der Waals surface area (Å²) in [6.45, 7) is 0.668. The molecular weight excluding hydrogens is 490 g/mol. The van der Waals surface area contributed by atoms with Gasteiger partial charge in [0.25, 0.3) is 5.22 Å². The van der Waals surface area contributed by atoms with Crippen LogP contribution in [-0.2, 0) is 11.3 Å². The van der Waals surface area contributed by atoms with Crippen molar-refractivity contribution in [2.75, 3.05) is 14.2 Å². The lowest BCUT2D eigenvalue weighted by atomic mass is 10.1. The molecule has 0 aliphatic rings. The summed E-state index contributed by atoms with van der Waals surface area (Å²) in [6.07, 6.45) is 3.60. The Labute approximate surface area is 217 Å². The number of carbonyl (C=O) groups is 1. The van der Waals surface area contributed by atoms with Crippen molar-refractivity contribution in [2.45, 2.75) is 11.8 Å². The van der Waals surface area contributed by atoms with Crippen LogP contribution in [0.4, 0.5) is 0 Å². The fourth-order valence-electron chi connectivity index (χ4n) is 3.97. The molecule has 0 amide bonds. The topological polar surface area (TPSA) is 99.6 Å². The van der Waals surface area contributed by atoms with E-state index < -0.39 is 5.97 Å². The third-order valence-corrected chi connectivity index (χ3v) is 6.57. The summed E-state index contributed by atoms with van der Waals surface area (Å²) < 4.78 is 18.5.